The normalized spacial score (nSPS) is 25.2. The third-order valence-corrected chi connectivity index (χ3v) is 5.51. The smallest absolute Gasteiger partial charge is 0.226 e. The van der Waals surface area contributed by atoms with Crippen molar-refractivity contribution in [1.29, 1.82) is 0 Å². The Labute approximate surface area is 117 Å². The highest BCUT2D eigenvalue weighted by molar-refractivity contribution is 5.83. The number of hydrogen-bond acceptors (Lipinski definition) is 2. The number of rotatable bonds is 5. The van der Waals surface area contributed by atoms with Crippen molar-refractivity contribution >= 4 is 5.91 Å². The van der Waals surface area contributed by atoms with Crippen LogP contribution in [0.4, 0.5) is 0 Å². The van der Waals surface area contributed by atoms with Crippen molar-refractivity contribution < 1.29 is 4.79 Å². The molecule has 2 rings (SSSR count). The topological polar surface area (TPSA) is 55.1 Å². The van der Waals surface area contributed by atoms with E-state index in [0.717, 1.165) is 19.3 Å². The van der Waals surface area contributed by atoms with E-state index in [1.807, 2.05) is 0 Å². The highest BCUT2D eigenvalue weighted by atomic mass is 16.2. The fourth-order valence-corrected chi connectivity index (χ4v) is 4.02. The summed E-state index contributed by atoms with van der Waals surface area (Å²) < 4.78 is 0. The molecule has 19 heavy (non-hydrogen) atoms. The van der Waals surface area contributed by atoms with Gasteiger partial charge in [-0.2, -0.15) is 0 Å². The Morgan fingerprint density at radius 1 is 1.21 bits per heavy atom. The summed E-state index contributed by atoms with van der Waals surface area (Å²) in [7, 11) is 0. The van der Waals surface area contributed by atoms with Crippen LogP contribution in [-0.2, 0) is 4.79 Å². The van der Waals surface area contributed by atoms with Crippen molar-refractivity contribution in [2.45, 2.75) is 77.2 Å². The zero-order valence-electron chi connectivity index (χ0n) is 12.4. The average Bonchev–Trinajstić information content (AvgIpc) is 2.95. The van der Waals surface area contributed by atoms with Gasteiger partial charge in [0.05, 0.1) is 0 Å². The highest BCUT2D eigenvalue weighted by Crippen LogP contribution is 2.41. The van der Waals surface area contributed by atoms with Crippen molar-refractivity contribution in [3.63, 3.8) is 0 Å². The number of nitrogens with one attached hydrogen (secondary N) is 1. The van der Waals surface area contributed by atoms with Crippen LogP contribution in [0.1, 0.15) is 71.1 Å². The molecule has 0 aromatic carbocycles. The van der Waals surface area contributed by atoms with Gasteiger partial charge >= 0.3 is 0 Å². The van der Waals surface area contributed by atoms with Crippen LogP contribution in [0.5, 0.6) is 0 Å². The third kappa shape index (κ3) is 3.31. The zero-order chi connectivity index (χ0) is 13.7. The van der Waals surface area contributed by atoms with Crippen LogP contribution in [-0.4, -0.2) is 18.5 Å². The first-order chi connectivity index (χ1) is 9.22. The second kappa shape index (κ2) is 6.74. The molecule has 3 nitrogen and oxygen atoms in total. The van der Waals surface area contributed by atoms with Gasteiger partial charge in [0.2, 0.25) is 5.91 Å². The van der Waals surface area contributed by atoms with Gasteiger partial charge in [0, 0.05) is 18.0 Å². The average molecular weight is 266 g/mol. The van der Waals surface area contributed by atoms with Crippen LogP contribution in [0.3, 0.4) is 0 Å². The van der Waals surface area contributed by atoms with Gasteiger partial charge in [-0.3, -0.25) is 4.79 Å². The lowest BCUT2D eigenvalue weighted by Gasteiger charge is -2.34. The Morgan fingerprint density at radius 3 is 2.37 bits per heavy atom. The molecule has 1 unspecified atom stereocenters. The van der Waals surface area contributed by atoms with Gasteiger partial charge in [0.15, 0.2) is 0 Å². The standard InChI is InChI=1S/C16H30N2O/c1-2-16(10-6-7-11-16)15(19)18-14(12-17)13-8-4-3-5-9-13/h13-14H,2-12,17H2,1H3,(H,18,19). The Kier molecular flexibility index (Phi) is 5.26. The zero-order valence-corrected chi connectivity index (χ0v) is 12.4. The third-order valence-electron chi connectivity index (χ3n) is 5.51. The van der Waals surface area contributed by atoms with Crippen LogP contribution in [0, 0.1) is 11.3 Å². The summed E-state index contributed by atoms with van der Waals surface area (Å²) in [5.41, 5.74) is 5.84. The molecule has 0 bridgehead atoms. The first-order valence-corrected chi connectivity index (χ1v) is 8.23. The van der Waals surface area contributed by atoms with Gasteiger partial charge in [-0.05, 0) is 38.0 Å². The van der Waals surface area contributed by atoms with Crippen LogP contribution in [0.2, 0.25) is 0 Å². The van der Waals surface area contributed by atoms with E-state index in [1.54, 1.807) is 0 Å². The molecular formula is C16H30N2O. The minimum atomic E-state index is -0.0813. The molecule has 2 saturated carbocycles. The van der Waals surface area contributed by atoms with E-state index in [9.17, 15) is 4.79 Å². The monoisotopic (exact) mass is 266 g/mol. The molecule has 2 fully saturated rings. The van der Waals surface area contributed by atoms with Crippen molar-refractivity contribution in [1.82, 2.24) is 5.32 Å². The molecule has 110 valence electrons. The summed E-state index contributed by atoms with van der Waals surface area (Å²) in [6, 6.07) is 0.205. The van der Waals surface area contributed by atoms with E-state index in [2.05, 4.69) is 12.2 Å². The minimum absolute atomic E-state index is 0.0813. The summed E-state index contributed by atoms with van der Waals surface area (Å²) in [5.74, 6) is 0.895. The molecule has 2 aliphatic carbocycles. The molecule has 0 aromatic heterocycles. The van der Waals surface area contributed by atoms with Crippen molar-refractivity contribution in [2.24, 2.45) is 17.1 Å². The summed E-state index contributed by atoms with van der Waals surface area (Å²) in [6.07, 6.45) is 11.9. The molecule has 0 radical (unpaired) electrons. The van der Waals surface area contributed by atoms with E-state index < -0.39 is 0 Å². The molecule has 1 amide bonds. The Hall–Kier alpha value is -0.570. The largest absolute Gasteiger partial charge is 0.351 e. The molecule has 3 heteroatoms. The maximum absolute atomic E-state index is 12.6. The lowest BCUT2D eigenvalue weighted by molar-refractivity contribution is -0.132. The van der Waals surface area contributed by atoms with Gasteiger partial charge in [0.25, 0.3) is 0 Å². The molecule has 2 aliphatic rings. The van der Waals surface area contributed by atoms with Crippen molar-refractivity contribution in [3.05, 3.63) is 0 Å². The number of hydrogen-bond donors (Lipinski definition) is 2. The van der Waals surface area contributed by atoms with Crippen LogP contribution in [0.25, 0.3) is 0 Å². The summed E-state index contributed by atoms with van der Waals surface area (Å²) in [6.45, 7) is 2.75. The summed E-state index contributed by atoms with van der Waals surface area (Å²) in [5, 5.41) is 3.31. The second-order valence-electron chi connectivity index (χ2n) is 6.55. The molecule has 0 aromatic rings. The van der Waals surface area contributed by atoms with Gasteiger partial charge in [-0.1, -0.05) is 39.0 Å². The summed E-state index contributed by atoms with van der Waals surface area (Å²) >= 11 is 0. The Balaban J connectivity index is 1.95. The fourth-order valence-electron chi connectivity index (χ4n) is 4.02. The lowest BCUT2D eigenvalue weighted by atomic mass is 9.80. The molecule has 1 atom stereocenters. The molecule has 0 aliphatic heterocycles. The number of amides is 1. The van der Waals surface area contributed by atoms with Crippen molar-refractivity contribution in [3.8, 4) is 0 Å². The van der Waals surface area contributed by atoms with Gasteiger partial charge in [-0.15, -0.1) is 0 Å². The molecule has 0 spiro atoms. The van der Waals surface area contributed by atoms with Gasteiger partial charge < -0.3 is 11.1 Å². The quantitative estimate of drug-likeness (QED) is 0.803. The predicted octanol–water partition coefficient (Wildman–Crippen LogP) is 2.98. The number of carbonyl (C=O) groups excluding carboxylic acids is 1. The van der Waals surface area contributed by atoms with E-state index in [0.29, 0.717) is 12.5 Å². The van der Waals surface area contributed by atoms with Crippen LogP contribution >= 0.6 is 0 Å². The van der Waals surface area contributed by atoms with Crippen LogP contribution in [0.15, 0.2) is 0 Å². The van der Waals surface area contributed by atoms with Gasteiger partial charge in [-0.25, -0.2) is 0 Å². The van der Waals surface area contributed by atoms with E-state index >= 15 is 0 Å². The highest BCUT2D eigenvalue weighted by Gasteiger charge is 2.40. The van der Waals surface area contributed by atoms with E-state index in [4.69, 9.17) is 5.73 Å². The SMILES string of the molecule is CCC1(C(=O)NC(CN)C2CCCCC2)CCCC1. The van der Waals surface area contributed by atoms with Gasteiger partial charge in [0.1, 0.15) is 0 Å². The second-order valence-corrected chi connectivity index (χ2v) is 6.55. The van der Waals surface area contributed by atoms with Crippen molar-refractivity contribution in [2.75, 3.05) is 6.54 Å². The Morgan fingerprint density at radius 2 is 1.84 bits per heavy atom. The fraction of sp³-hybridized carbons (Fsp3) is 0.938. The first kappa shape index (κ1) is 14.8. The molecule has 0 saturated heterocycles. The molecule has 3 N–H and O–H groups in total. The summed E-state index contributed by atoms with van der Waals surface area (Å²) in [4.78, 5) is 12.6. The number of carbonyl (C=O) groups is 1. The number of nitrogens with two attached hydrogens (primary N) is 1. The minimum Gasteiger partial charge on any atom is -0.351 e. The van der Waals surface area contributed by atoms with E-state index in [-0.39, 0.29) is 17.4 Å². The predicted molar refractivity (Wildman–Crippen MR) is 78.8 cm³/mol. The Bertz CT molecular complexity index is 291. The molecule has 0 heterocycles. The lowest BCUT2D eigenvalue weighted by Crippen LogP contribution is -2.50. The van der Waals surface area contributed by atoms with Crippen LogP contribution < -0.4 is 11.1 Å². The molecular weight excluding hydrogens is 236 g/mol. The van der Waals surface area contributed by atoms with E-state index in [1.165, 1.54) is 44.9 Å². The first-order valence-electron chi connectivity index (χ1n) is 8.23. The maximum atomic E-state index is 12.6. The maximum Gasteiger partial charge on any atom is 0.226 e.